The summed E-state index contributed by atoms with van der Waals surface area (Å²) in [6.45, 7) is 4.24. The molecule has 4 nitrogen and oxygen atoms in total. The van der Waals surface area contributed by atoms with Crippen molar-refractivity contribution in [3.05, 3.63) is 59.7 Å². The molecule has 0 bridgehead atoms. The van der Waals surface area contributed by atoms with Crippen molar-refractivity contribution in [2.24, 2.45) is 0 Å². The van der Waals surface area contributed by atoms with Gasteiger partial charge in [0.1, 0.15) is 17.3 Å². The van der Waals surface area contributed by atoms with E-state index in [-0.39, 0.29) is 12.4 Å². The molecule has 1 aromatic heterocycles. The number of ether oxygens (including phenoxy) is 1. The van der Waals surface area contributed by atoms with Crippen molar-refractivity contribution in [3.63, 3.8) is 0 Å². The van der Waals surface area contributed by atoms with Gasteiger partial charge in [0.25, 0.3) is 0 Å². The predicted molar refractivity (Wildman–Crippen MR) is 94.0 cm³/mol. The van der Waals surface area contributed by atoms with Gasteiger partial charge in [0.05, 0.1) is 17.9 Å². The average Bonchev–Trinajstić information content (AvgIpc) is 2.95. The van der Waals surface area contributed by atoms with Crippen LogP contribution in [0.2, 0.25) is 0 Å². The van der Waals surface area contributed by atoms with Crippen LogP contribution in [0, 0.1) is 19.7 Å². The number of halogens is 1. The number of aryl methyl sites for hydroxylation is 2. The summed E-state index contributed by atoms with van der Waals surface area (Å²) in [4.78, 5) is 0. The molecule has 1 heterocycles. The van der Waals surface area contributed by atoms with Gasteiger partial charge in [-0.1, -0.05) is 23.4 Å². The van der Waals surface area contributed by atoms with E-state index in [0.29, 0.717) is 24.5 Å². The van der Waals surface area contributed by atoms with Crippen molar-refractivity contribution in [1.82, 2.24) is 5.16 Å². The fourth-order valence-electron chi connectivity index (χ4n) is 2.79. The van der Waals surface area contributed by atoms with E-state index in [9.17, 15) is 4.39 Å². The number of hydrogen-bond donors (Lipinski definition) is 1. The number of aliphatic hydroxyl groups excluding tert-OH is 1. The summed E-state index contributed by atoms with van der Waals surface area (Å²) in [7, 11) is 0. The van der Waals surface area contributed by atoms with E-state index < -0.39 is 0 Å². The minimum absolute atomic E-state index is 0.0777. The molecule has 0 aliphatic carbocycles. The summed E-state index contributed by atoms with van der Waals surface area (Å²) in [5.74, 6) is 1.15. The van der Waals surface area contributed by atoms with Gasteiger partial charge in [-0.05, 0) is 49.2 Å². The fraction of sp³-hybridized carbons (Fsp3) is 0.250. The molecule has 0 spiro atoms. The van der Waals surface area contributed by atoms with E-state index in [2.05, 4.69) is 5.16 Å². The van der Waals surface area contributed by atoms with Crippen LogP contribution in [0.3, 0.4) is 0 Å². The summed E-state index contributed by atoms with van der Waals surface area (Å²) in [5, 5.41) is 13.0. The quantitative estimate of drug-likeness (QED) is 0.670. The minimum atomic E-state index is -0.265. The molecule has 25 heavy (non-hydrogen) atoms. The number of aliphatic hydroxyl groups is 1. The molecule has 0 aliphatic heterocycles. The molecule has 3 aromatic rings. The Bertz CT molecular complexity index is 836. The smallest absolute Gasteiger partial charge is 0.141 e. The van der Waals surface area contributed by atoms with E-state index in [1.54, 1.807) is 12.1 Å². The average molecular weight is 341 g/mol. The third-order valence-electron chi connectivity index (χ3n) is 4.02. The largest absolute Gasteiger partial charge is 0.493 e. The van der Waals surface area contributed by atoms with Crippen molar-refractivity contribution in [1.29, 1.82) is 0 Å². The Morgan fingerprint density at radius 3 is 2.44 bits per heavy atom. The molecule has 0 aliphatic rings. The van der Waals surface area contributed by atoms with Gasteiger partial charge >= 0.3 is 0 Å². The van der Waals surface area contributed by atoms with Gasteiger partial charge < -0.3 is 14.4 Å². The number of rotatable bonds is 6. The van der Waals surface area contributed by atoms with Crippen LogP contribution in [0.15, 0.2) is 47.0 Å². The zero-order chi connectivity index (χ0) is 17.8. The van der Waals surface area contributed by atoms with Crippen LogP contribution < -0.4 is 4.74 Å². The minimum Gasteiger partial charge on any atom is -0.493 e. The lowest BCUT2D eigenvalue weighted by molar-refractivity contribution is 0.234. The van der Waals surface area contributed by atoms with E-state index in [0.717, 1.165) is 27.9 Å². The van der Waals surface area contributed by atoms with Crippen LogP contribution in [0.5, 0.6) is 5.75 Å². The van der Waals surface area contributed by atoms with Crippen LogP contribution >= 0.6 is 0 Å². The predicted octanol–water partition coefficient (Wildman–Crippen LogP) is 4.53. The highest BCUT2D eigenvalue weighted by Gasteiger charge is 2.17. The van der Waals surface area contributed by atoms with Crippen LogP contribution in [0.1, 0.15) is 17.9 Å². The highest BCUT2D eigenvalue weighted by molar-refractivity contribution is 5.79. The number of benzene rings is 2. The Kier molecular flexibility index (Phi) is 5.14. The Morgan fingerprint density at radius 1 is 1.08 bits per heavy atom. The van der Waals surface area contributed by atoms with E-state index in [4.69, 9.17) is 14.4 Å². The summed E-state index contributed by atoms with van der Waals surface area (Å²) in [6.07, 6.45) is 0.556. The molecule has 0 amide bonds. The van der Waals surface area contributed by atoms with Crippen LogP contribution in [0.4, 0.5) is 4.39 Å². The lowest BCUT2D eigenvalue weighted by Gasteiger charge is -2.13. The van der Waals surface area contributed by atoms with Crippen LogP contribution in [0.25, 0.3) is 22.3 Å². The van der Waals surface area contributed by atoms with Gasteiger partial charge in [0.2, 0.25) is 0 Å². The molecule has 0 fully saturated rings. The zero-order valence-corrected chi connectivity index (χ0v) is 14.3. The molecule has 130 valence electrons. The first-order valence-electron chi connectivity index (χ1n) is 8.17. The summed E-state index contributed by atoms with van der Waals surface area (Å²) in [5.41, 5.74) is 4.40. The molecular weight excluding hydrogens is 321 g/mol. The molecule has 0 unspecified atom stereocenters. The molecule has 0 atom stereocenters. The SMILES string of the molecule is Cc1noc(C)c1-c1cc(-c2ccc(F)cc2)ccc1OCCCO. The fourth-order valence-corrected chi connectivity index (χ4v) is 2.79. The van der Waals surface area contributed by atoms with Crippen LogP contribution in [-0.2, 0) is 0 Å². The Hall–Kier alpha value is -2.66. The standard InChI is InChI=1S/C20H20FNO3/c1-13-20(14(2)25-22-13)18-12-16(15-4-7-17(21)8-5-15)6-9-19(18)24-11-3-10-23/h4-9,12,23H,3,10-11H2,1-2H3. The first kappa shape index (κ1) is 17.2. The lowest BCUT2D eigenvalue weighted by atomic mass is 9.97. The Morgan fingerprint density at radius 2 is 1.80 bits per heavy atom. The molecule has 0 radical (unpaired) electrons. The Labute approximate surface area is 145 Å². The van der Waals surface area contributed by atoms with E-state index in [1.807, 2.05) is 32.0 Å². The molecule has 0 saturated heterocycles. The maximum Gasteiger partial charge on any atom is 0.141 e. The number of hydrogen-bond acceptors (Lipinski definition) is 4. The van der Waals surface area contributed by atoms with Crippen molar-refractivity contribution in [2.75, 3.05) is 13.2 Å². The summed E-state index contributed by atoms with van der Waals surface area (Å²) < 4.78 is 24.3. The third-order valence-corrected chi connectivity index (χ3v) is 4.02. The first-order chi connectivity index (χ1) is 12.1. The second kappa shape index (κ2) is 7.49. The summed E-state index contributed by atoms with van der Waals surface area (Å²) in [6, 6.07) is 12.2. The zero-order valence-electron chi connectivity index (χ0n) is 14.3. The van der Waals surface area contributed by atoms with Crippen molar-refractivity contribution in [3.8, 4) is 28.0 Å². The second-order valence-corrected chi connectivity index (χ2v) is 5.84. The van der Waals surface area contributed by atoms with Crippen LogP contribution in [-0.4, -0.2) is 23.5 Å². The van der Waals surface area contributed by atoms with Gasteiger partial charge in [0, 0.05) is 18.6 Å². The molecular formula is C20H20FNO3. The monoisotopic (exact) mass is 341 g/mol. The lowest BCUT2D eigenvalue weighted by Crippen LogP contribution is -2.01. The van der Waals surface area contributed by atoms with E-state index in [1.165, 1.54) is 12.1 Å². The molecule has 2 aromatic carbocycles. The van der Waals surface area contributed by atoms with Crippen molar-refractivity contribution in [2.45, 2.75) is 20.3 Å². The summed E-state index contributed by atoms with van der Waals surface area (Å²) >= 11 is 0. The van der Waals surface area contributed by atoms with Crippen molar-refractivity contribution >= 4 is 0 Å². The number of nitrogens with zero attached hydrogens (tertiary/aromatic N) is 1. The molecule has 3 rings (SSSR count). The van der Waals surface area contributed by atoms with Crippen molar-refractivity contribution < 1.29 is 18.8 Å². The maximum atomic E-state index is 13.2. The molecule has 5 heteroatoms. The second-order valence-electron chi connectivity index (χ2n) is 5.84. The van der Waals surface area contributed by atoms with Gasteiger partial charge in [0.15, 0.2) is 0 Å². The van der Waals surface area contributed by atoms with Gasteiger partial charge in [-0.3, -0.25) is 0 Å². The van der Waals surface area contributed by atoms with Gasteiger partial charge in [-0.25, -0.2) is 4.39 Å². The Balaban J connectivity index is 2.07. The molecule has 0 saturated carbocycles. The maximum absolute atomic E-state index is 13.2. The highest BCUT2D eigenvalue weighted by atomic mass is 19.1. The first-order valence-corrected chi connectivity index (χ1v) is 8.17. The number of aromatic nitrogens is 1. The van der Waals surface area contributed by atoms with Gasteiger partial charge in [-0.2, -0.15) is 0 Å². The topological polar surface area (TPSA) is 55.5 Å². The molecule has 1 N–H and O–H groups in total. The highest BCUT2D eigenvalue weighted by Crippen LogP contribution is 2.37. The van der Waals surface area contributed by atoms with E-state index >= 15 is 0 Å². The third kappa shape index (κ3) is 3.72. The normalized spacial score (nSPS) is 10.9. The van der Waals surface area contributed by atoms with Gasteiger partial charge in [-0.15, -0.1) is 0 Å².